The summed E-state index contributed by atoms with van der Waals surface area (Å²) in [6, 6.07) is 0. The van der Waals surface area contributed by atoms with Gasteiger partial charge in [0.25, 0.3) is 0 Å². The summed E-state index contributed by atoms with van der Waals surface area (Å²) in [5.74, 6) is 0. The normalized spacial score (nSPS) is 33.4. The summed E-state index contributed by atoms with van der Waals surface area (Å²) in [4.78, 5) is 0. The molecule has 1 fully saturated rings. The highest BCUT2D eigenvalue weighted by molar-refractivity contribution is 5.03. The van der Waals surface area contributed by atoms with Crippen molar-refractivity contribution in [3.63, 3.8) is 0 Å². The number of rotatable bonds is 7. The average molecular weight is 332 g/mol. The molecule has 23 heavy (non-hydrogen) atoms. The first-order valence-electron chi connectivity index (χ1n) is 7.71. The lowest BCUT2D eigenvalue weighted by molar-refractivity contribution is -0.313. The van der Waals surface area contributed by atoms with Crippen molar-refractivity contribution in [3.8, 4) is 0 Å². The highest BCUT2D eigenvalue weighted by atomic mass is 16.7. The van der Waals surface area contributed by atoms with Crippen LogP contribution in [0.2, 0.25) is 0 Å². The fourth-order valence-electron chi connectivity index (χ4n) is 2.33. The van der Waals surface area contributed by atoms with Crippen LogP contribution >= 0.6 is 0 Å². The van der Waals surface area contributed by atoms with E-state index in [0.717, 1.165) is 18.4 Å². The van der Waals surface area contributed by atoms with Crippen LogP contribution in [-0.4, -0.2) is 69.1 Å². The molecule has 7 nitrogen and oxygen atoms in total. The Morgan fingerprint density at radius 3 is 2.39 bits per heavy atom. The Kier molecular flexibility index (Phi) is 8.35. The molecule has 7 heteroatoms. The Hall–Kier alpha value is -0.800. The van der Waals surface area contributed by atoms with Gasteiger partial charge >= 0.3 is 0 Å². The van der Waals surface area contributed by atoms with E-state index >= 15 is 0 Å². The standard InChI is InChI=1S/C16H28O7/c1-9(2)5-4-6-10(3)7-12(18)23-15-14(20)13(19)11(8-17)22-16(15)21/h5,7,11-21H,4,6,8H2,1-3H3/b10-7+/t11-,12?,13+,14+,15-,16-/m1/s1. The molecule has 0 bridgehead atoms. The zero-order valence-electron chi connectivity index (χ0n) is 13.8. The van der Waals surface area contributed by atoms with E-state index in [4.69, 9.17) is 14.6 Å². The molecule has 5 N–H and O–H groups in total. The molecule has 0 aromatic heterocycles. The average Bonchev–Trinajstić information content (AvgIpc) is 2.46. The lowest BCUT2D eigenvalue weighted by Crippen LogP contribution is -2.59. The first kappa shape index (κ1) is 20.2. The third-order valence-corrected chi connectivity index (χ3v) is 3.66. The van der Waals surface area contributed by atoms with Gasteiger partial charge in [0.2, 0.25) is 0 Å². The fraction of sp³-hybridized carbons (Fsp3) is 0.750. The van der Waals surface area contributed by atoms with Gasteiger partial charge in [-0.15, -0.1) is 0 Å². The maximum atomic E-state index is 9.93. The number of ether oxygens (including phenoxy) is 2. The first-order chi connectivity index (χ1) is 10.8. The van der Waals surface area contributed by atoms with Gasteiger partial charge in [-0.1, -0.05) is 17.2 Å². The van der Waals surface area contributed by atoms with E-state index in [2.05, 4.69) is 6.08 Å². The smallest absolute Gasteiger partial charge is 0.184 e. The summed E-state index contributed by atoms with van der Waals surface area (Å²) in [7, 11) is 0. The molecule has 0 aromatic rings. The molecule has 1 saturated heterocycles. The second-order valence-corrected chi connectivity index (χ2v) is 6.05. The van der Waals surface area contributed by atoms with Gasteiger partial charge in [0.15, 0.2) is 12.6 Å². The summed E-state index contributed by atoms with van der Waals surface area (Å²) >= 11 is 0. The number of allylic oxidation sites excluding steroid dienone is 3. The van der Waals surface area contributed by atoms with Crippen LogP contribution in [0.5, 0.6) is 0 Å². The molecule has 1 rings (SSSR count). The first-order valence-corrected chi connectivity index (χ1v) is 7.71. The minimum atomic E-state index is -1.56. The number of hydrogen-bond donors (Lipinski definition) is 5. The molecular weight excluding hydrogens is 304 g/mol. The van der Waals surface area contributed by atoms with Gasteiger partial charge in [-0.25, -0.2) is 0 Å². The van der Waals surface area contributed by atoms with E-state index in [9.17, 15) is 20.4 Å². The van der Waals surface area contributed by atoms with Gasteiger partial charge in [-0.3, -0.25) is 0 Å². The van der Waals surface area contributed by atoms with Crippen molar-refractivity contribution < 1.29 is 35.0 Å². The monoisotopic (exact) mass is 332 g/mol. The van der Waals surface area contributed by atoms with Crippen LogP contribution in [0, 0.1) is 0 Å². The topological polar surface area (TPSA) is 120 Å². The molecule has 0 aromatic carbocycles. The van der Waals surface area contributed by atoms with Gasteiger partial charge in [0.05, 0.1) is 6.61 Å². The summed E-state index contributed by atoms with van der Waals surface area (Å²) in [6.07, 6.45) is -3.08. The lowest BCUT2D eigenvalue weighted by atomic mass is 9.99. The molecular formula is C16H28O7. The van der Waals surface area contributed by atoms with Crippen LogP contribution in [0.4, 0.5) is 0 Å². The molecule has 0 spiro atoms. The van der Waals surface area contributed by atoms with Crippen molar-refractivity contribution >= 4 is 0 Å². The molecule has 1 aliphatic heterocycles. The van der Waals surface area contributed by atoms with Crippen molar-refractivity contribution in [2.45, 2.75) is 70.6 Å². The molecule has 1 aliphatic rings. The summed E-state index contributed by atoms with van der Waals surface area (Å²) < 4.78 is 10.1. The van der Waals surface area contributed by atoms with Crippen molar-refractivity contribution in [1.29, 1.82) is 0 Å². The third kappa shape index (κ3) is 6.31. The summed E-state index contributed by atoms with van der Waals surface area (Å²) in [5, 5.41) is 48.4. The zero-order chi connectivity index (χ0) is 17.6. The van der Waals surface area contributed by atoms with E-state index in [-0.39, 0.29) is 0 Å². The Balaban J connectivity index is 2.58. The summed E-state index contributed by atoms with van der Waals surface area (Å²) in [6.45, 7) is 5.31. The van der Waals surface area contributed by atoms with E-state index in [1.807, 2.05) is 20.8 Å². The van der Waals surface area contributed by atoms with Crippen molar-refractivity contribution in [2.75, 3.05) is 6.61 Å². The molecule has 134 valence electrons. The van der Waals surface area contributed by atoms with Crippen LogP contribution in [0.25, 0.3) is 0 Å². The molecule has 1 heterocycles. The van der Waals surface area contributed by atoms with E-state index in [0.29, 0.717) is 0 Å². The SMILES string of the molecule is CC(C)=CCC/C(C)=C/C(O)O[C@@H]1[C@@H](O)[C@@H](O)[C@@H](CO)O[C@H]1O. The maximum Gasteiger partial charge on any atom is 0.184 e. The van der Waals surface area contributed by atoms with E-state index in [1.54, 1.807) is 0 Å². The second kappa shape index (κ2) is 9.48. The molecule has 0 saturated carbocycles. The van der Waals surface area contributed by atoms with E-state index < -0.39 is 43.6 Å². The fourth-order valence-corrected chi connectivity index (χ4v) is 2.33. The Bertz CT molecular complexity index is 417. The van der Waals surface area contributed by atoms with Crippen LogP contribution < -0.4 is 0 Å². The predicted molar refractivity (Wildman–Crippen MR) is 83.3 cm³/mol. The second-order valence-electron chi connectivity index (χ2n) is 6.05. The molecule has 0 amide bonds. The maximum absolute atomic E-state index is 9.93. The van der Waals surface area contributed by atoms with Crippen LogP contribution in [-0.2, 0) is 9.47 Å². The van der Waals surface area contributed by atoms with Gasteiger partial charge in [0, 0.05) is 0 Å². The van der Waals surface area contributed by atoms with Crippen LogP contribution in [0.15, 0.2) is 23.3 Å². The van der Waals surface area contributed by atoms with E-state index in [1.165, 1.54) is 11.6 Å². The highest BCUT2D eigenvalue weighted by Gasteiger charge is 2.45. The van der Waals surface area contributed by atoms with Crippen molar-refractivity contribution in [1.82, 2.24) is 0 Å². The van der Waals surface area contributed by atoms with Crippen LogP contribution in [0.3, 0.4) is 0 Å². The Labute approximate surface area is 136 Å². The van der Waals surface area contributed by atoms with Gasteiger partial charge in [-0.2, -0.15) is 0 Å². The minimum Gasteiger partial charge on any atom is -0.394 e. The van der Waals surface area contributed by atoms with Gasteiger partial charge in [-0.05, 0) is 39.7 Å². The third-order valence-electron chi connectivity index (χ3n) is 3.66. The van der Waals surface area contributed by atoms with Crippen LogP contribution in [0.1, 0.15) is 33.6 Å². The number of aliphatic hydroxyl groups excluding tert-OH is 5. The molecule has 0 radical (unpaired) electrons. The largest absolute Gasteiger partial charge is 0.394 e. The van der Waals surface area contributed by atoms with Crippen molar-refractivity contribution in [2.24, 2.45) is 0 Å². The van der Waals surface area contributed by atoms with Gasteiger partial charge < -0.3 is 35.0 Å². The molecule has 0 aliphatic carbocycles. The number of hydrogen-bond acceptors (Lipinski definition) is 7. The highest BCUT2D eigenvalue weighted by Crippen LogP contribution is 2.23. The minimum absolute atomic E-state index is 0.548. The molecule has 1 unspecified atom stereocenters. The Morgan fingerprint density at radius 1 is 1.17 bits per heavy atom. The quantitative estimate of drug-likeness (QED) is 0.324. The number of aliphatic hydroxyl groups is 5. The van der Waals surface area contributed by atoms with Crippen molar-refractivity contribution in [3.05, 3.63) is 23.3 Å². The summed E-state index contributed by atoms with van der Waals surface area (Å²) in [5.41, 5.74) is 2.11. The van der Waals surface area contributed by atoms with Gasteiger partial charge in [0.1, 0.15) is 24.4 Å². The lowest BCUT2D eigenvalue weighted by Gasteiger charge is -2.40. The zero-order valence-corrected chi connectivity index (χ0v) is 13.8. The predicted octanol–water partition coefficient (Wildman–Crippen LogP) is -0.186. The Morgan fingerprint density at radius 2 is 1.83 bits per heavy atom. The molecule has 6 atom stereocenters.